The zero-order valence-corrected chi connectivity index (χ0v) is 11.0. The van der Waals surface area contributed by atoms with Gasteiger partial charge in [-0.3, -0.25) is 0 Å². The van der Waals surface area contributed by atoms with E-state index in [4.69, 9.17) is 5.73 Å². The number of nitrogens with zero attached hydrogens (tertiary/aromatic N) is 1. The molecule has 1 heterocycles. The first-order chi connectivity index (χ1) is 7.90. The molecule has 0 aromatic carbocycles. The highest BCUT2D eigenvalue weighted by Crippen LogP contribution is 2.24. The van der Waals surface area contributed by atoms with Crippen molar-refractivity contribution >= 4 is 11.8 Å². The van der Waals surface area contributed by atoms with Gasteiger partial charge in [0, 0.05) is 43.7 Å². The second kappa shape index (κ2) is 6.84. The Kier molecular flexibility index (Phi) is 5.42. The number of thioether (sulfide) groups is 1. The van der Waals surface area contributed by atoms with Gasteiger partial charge in [0.25, 0.3) is 0 Å². The maximum Gasteiger partial charge on any atom is 0.0108 e. The van der Waals surface area contributed by atoms with Crippen LogP contribution in [0, 0.1) is 5.92 Å². The van der Waals surface area contributed by atoms with Crippen molar-refractivity contribution in [2.75, 3.05) is 44.2 Å². The minimum Gasteiger partial charge on any atom is -0.330 e. The van der Waals surface area contributed by atoms with Gasteiger partial charge in [0.05, 0.1) is 0 Å². The molecule has 2 rings (SSSR count). The molecule has 1 aliphatic heterocycles. The highest BCUT2D eigenvalue weighted by molar-refractivity contribution is 7.99. The predicted molar refractivity (Wildman–Crippen MR) is 72.0 cm³/mol. The Labute approximate surface area is 104 Å². The molecule has 2 unspecified atom stereocenters. The zero-order valence-electron chi connectivity index (χ0n) is 10.2. The molecule has 0 spiro atoms. The maximum atomic E-state index is 5.79. The summed E-state index contributed by atoms with van der Waals surface area (Å²) >= 11 is 2.08. The van der Waals surface area contributed by atoms with Crippen LogP contribution in [0.15, 0.2) is 0 Å². The van der Waals surface area contributed by atoms with Gasteiger partial charge in [0.2, 0.25) is 0 Å². The standard InChI is InChI=1S/C12H25N3S/c13-10-11-2-1-3-12(11)14-4-5-15-6-8-16-9-7-15/h11-12,14H,1-10,13H2. The van der Waals surface area contributed by atoms with Gasteiger partial charge in [-0.15, -0.1) is 0 Å². The topological polar surface area (TPSA) is 41.3 Å². The molecule has 1 saturated carbocycles. The molecule has 2 fully saturated rings. The van der Waals surface area contributed by atoms with Gasteiger partial charge in [-0.25, -0.2) is 0 Å². The Morgan fingerprint density at radius 2 is 2.06 bits per heavy atom. The molecule has 2 atom stereocenters. The third kappa shape index (κ3) is 3.62. The van der Waals surface area contributed by atoms with Crippen molar-refractivity contribution in [1.82, 2.24) is 10.2 Å². The molecule has 0 aromatic rings. The van der Waals surface area contributed by atoms with Crippen LogP contribution in [0.2, 0.25) is 0 Å². The van der Waals surface area contributed by atoms with E-state index in [9.17, 15) is 0 Å². The molecular formula is C12H25N3S. The summed E-state index contributed by atoms with van der Waals surface area (Å²) in [4.78, 5) is 2.58. The van der Waals surface area contributed by atoms with E-state index in [2.05, 4.69) is 22.0 Å². The van der Waals surface area contributed by atoms with Crippen molar-refractivity contribution < 1.29 is 0 Å². The maximum absolute atomic E-state index is 5.79. The third-order valence-electron chi connectivity index (χ3n) is 3.90. The molecule has 3 nitrogen and oxygen atoms in total. The summed E-state index contributed by atoms with van der Waals surface area (Å²) in [5.74, 6) is 3.36. The minimum absolute atomic E-state index is 0.698. The summed E-state index contributed by atoms with van der Waals surface area (Å²) < 4.78 is 0. The van der Waals surface area contributed by atoms with Crippen LogP contribution < -0.4 is 11.1 Å². The largest absolute Gasteiger partial charge is 0.330 e. The number of hydrogen-bond acceptors (Lipinski definition) is 4. The first kappa shape index (κ1) is 12.7. The smallest absolute Gasteiger partial charge is 0.0108 e. The normalized spacial score (nSPS) is 32.1. The molecular weight excluding hydrogens is 218 g/mol. The third-order valence-corrected chi connectivity index (χ3v) is 4.84. The predicted octanol–water partition coefficient (Wildman–Crippen LogP) is 0.752. The first-order valence-corrected chi connectivity index (χ1v) is 7.79. The summed E-state index contributed by atoms with van der Waals surface area (Å²) in [5, 5.41) is 3.70. The molecule has 16 heavy (non-hydrogen) atoms. The molecule has 0 amide bonds. The SMILES string of the molecule is NCC1CCCC1NCCN1CCSCC1. The van der Waals surface area contributed by atoms with Crippen LogP contribution in [0.3, 0.4) is 0 Å². The van der Waals surface area contributed by atoms with Gasteiger partial charge in [-0.1, -0.05) is 6.42 Å². The number of hydrogen-bond donors (Lipinski definition) is 2. The average Bonchev–Trinajstić information content (AvgIpc) is 2.78. The Bertz CT molecular complexity index is 195. The fraction of sp³-hybridized carbons (Fsp3) is 1.00. The van der Waals surface area contributed by atoms with E-state index in [0.717, 1.165) is 19.0 Å². The average molecular weight is 243 g/mol. The van der Waals surface area contributed by atoms with E-state index in [1.807, 2.05) is 0 Å². The quantitative estimate of drug-likeness (QED) is 0.748. The summed E-state index contributed by atoms with van der Waals surface area (Å²) in [6, 6.07) is 0.698. The summed E-state index contributed by atoms with van der Waals surface area (Å²) in [6.07, 6.45) is 4.02. The fourth-order valence-corrected chi connectivity index (χ4v) is 3.80. The lowest BCUT2D eigenvalue weighted by Crippen LogP contribution is -2.42. The Morgan fingerprint density at radius 3 is 2.81 bits per heavy atom. The van der Waals surface area contributed by atoms with Gasteiger partial charge < -0.3 is 16.0 Å². The molecule has 2 aliphatic rings. The Hall–Kier alpha value is 0.230. The van der Waals surface area contributed by atoms with Crippen molar-refractivity contribution in [1.29, 1.82) is 0 Å². The van der Waals surface area contributed by atoms with Crippen LogP contribution in [0.1, 0.15) is 19.3 Å². The molecule has 3 N–H and O–H groups in total. The van der Waals surface area contributed by atoms with E-state index >= 15 is 0 Å². The van der Waals surface area contributed by atoms with Gasteiger partial charge in [-0.2, -0.15) is 11.8 Å². The number of nitrogens with two attached hydrogens (primary N) is 1. The van der Waals surface area contributed by atoms with Crippen molar-refractivity contribution in [3.05, 3.63) is 0 Å². The van der Waals surface area contributed by atoms with Gasteiger partial charge in [0.1, 0.15) is 0 Å². The molecule has 0 radical (unpaired) electrons. The lowest BCUT2D eigenvalue weighted by Gasteiger charge is -2.27. The molecule has 94 valence electrons. The van der Waals surface area contributed by atoms with Crippen LogP contribution in [0.5, 0.6) is 0 Å². The highest BCUT2D eigenvalue weighted by Gasteiger charge is 2.25. The van der Waals surface area contributed by atoms with Crippen LogP contribution in [0.4, 0.5) is 0 Å². The minimum atomic E-state index is 0.698. The molecule has 1 saturated heterocycles. The van der Waals surface area contributed by atoms with E-state index in [-0.39, 0.29) is 0 Å². The second-order valence-corrected chi connectivity index (χ2v) is 6.17. The van der Waals surface area contributed by atoms with Gasteiger partial charge in [0.15, 0.2) is 0 Å². The number of nitrogens with one attached hydrogen (secondary N) is 1. The lowest BCUT2D eigenvalue weighted by molar-refractivity contribution is 0.287. The van der Waals surface area contributed by atoms with Crippen molar-refractivity contribution in [2.45, 2.75) is 25.3 Å². The van der Waals surface area contributed by atoms with Crippen molar-refractivity contribution in [2.24, 2.45) is 11.7 Å². The van der Waals surface area contributed by atoms with E-state index in [1.165, 1.54) is 50.4 Å². The van der Waals surface area contributed by atoms with Gasteiger partial charge >= 0.3 is 0 Å². The fourth-order valence-electron chi connectivity index (χ4n) is 2.82. The van der Waals surface area contributed by atoms with Gasteiger partial charge in [-0.05, 0) is 25.3 Å². The zero-order chi connectivity index (χ0) is 11.2. The van der Waals surface area contributed by atoms with Crippen molar-refractivity contribution in [3.8, 4) is 0 Å². The molecule has 0 bridgehead atoms. The Morgan fingerprint density at radius 1 is 1.25 bits per heavy atom. The van der Waals surface area contributed by atoms with E-state index < -0.39 is 0 Å². The van der Waals surface area contributed by atoms with Crippen LogP contribution in [0.25, 0.3) is 0 Å². The monoisotopic (exact) mass is 243 g/mol. The van der Waals surface area contributed by atoms with E-state index in [0.29, 0.717) is 6.04 Å². The second-order valence-electron chi connectivity index (χ2n) is 4.94. The summed E-state index contributed by atoms with van der Waals surface area (Å²) in [6.45, 7) is 5.77. The highest BCUT2D eigenvalue weighted by atomic mass is 32.2. The first-order valence-electron chi connectivity index (χ1n) is 6.63. The van der Waals surface area contributed by atoms with Crippen LogP contribution in [-0.2, 0) is 0 Å². The van der Waals surface area contributed by atoms with Crippen LogP contribution in [-0.4, -0.2) is 55.2 Å². The van der Waals surface area contributed by atoms with Crippen LogP contribution >= 0.6 is 11.8 Å². The molecule has 4 heteroatoms. The summed E-state index contributed by atoms with van der Waals surface area (Å²) in [7, 11) is 0. The summed E-state index contributed by atoms with van der Waals surface area (Å²) in [5.41, 5.74) is 5.79. The number of rotatable bonds is 5. The molecule has 1 aliphatic carbocycles. The Balaban J connectivity index is 1.59. The van der Waals surface area contributed by atoms with Crippen molar-refractivity contribution in [3.63, 3.8) is 0 Å². The molecule has 0 aromatic heterocycles. The van der Waals surface area contributed by atoms with E-state index in [1.54, 1.807) is 0 Å². The lowest BCUT2D eigenvalue weighted by atomic mass is 10.0.